The van der Waals surface area contributed by atoms with E-state index < -0.39 is 0 Å². The Morgan fingerprint density at radius 3 is 2.27 bits per heavy atom. The molecular weight excluding hydrogens is 192 g/mol. The van der Waals surface area contributed by atoms with E-state index in [9.17, 15) is 0 Å². The number of aryl methyl sites for hydroxylation is 1. The van der Waals surface area contributed by atoms with Gasteiger partial charge in [-0.15, -0.1) is 0 Å². The lowest BCUT2D eigenvalue weighted by molar-refractivity contribution is -0.107. The second-order valence-corrected chi connectivity index (χ2v) is 3.23. The molecule has 0 bridgehead atoms. The molecule has 0 amide bonds. The summed E-state index contributed by atoms with van der Waals surface area (Å²) in [5.74, 6) is 0.793. The molecule has 0 saturated carbocycles. The monoisotopic (exact) mass is 210 g/mol. The maximum atomic E-state index is 5.27. The molecule has 1 aromatic carbocycles. The van der Waals surface area contributed by atoms with Crippen LogP contribution < -0.4 is 4.74 Å². The molecule has 0 saturated heterocycles. The number of hydrogen-bond donors (Lipinski definition) is 0. The Balaban J connectivity index is 3.09. The number of methoxy groups -OCH3 is 3. The van der Waals surface area contributed by atoms with Crippen molar-refractivity contribution in [1.29, 1.82) is 0 Å². The molecular formula is C12H18O3. The van der Waals surface area contributed by atoms with Gasteiger partial charge in [0.25, 0.3) is 0 Å². The minimum absolute atomic E-state index is 0.369. The molecule has 1 rings (SSSR count). The number of hydrogen-bond acceptors (Lipinski definition) is 3. The van der Waals surface area contributed by atoms with Crippen LogP contribution in [0.5, 0.6) is 5.75 Å². The highest BCUT2D eigenvalue weighted by molar-refractivity contribution is 5.38. The summed E-state index contributed by atoms with van der Waals surface area (Å²) in [7, 11) is 4.88. The summed E-state index contributed by atoms with van der Waals surface area (Å²) in [5.41, 5.74) is 2.17. The molecule has 0 unspecified atom stereocenters. The van der Waals surface area contributed by atoms with E-state index in [1.165, 1.54) is 5.56 Å². The average Bonchev–Trinajstić information content (AvgIpc) is 2.30. The van der Waals surface area contributed by atoms with Gasteiger partial charge < -0.3 is 14.2 Å². The van der Waals surface area contributed by atoms with Crippen LogP contribution in [-0.2, 0) is 15.9 Å². The zero-order valence-electron chi connectivity index (χ0n) is 9.74. The molecule has 0 heterocycles. The molecule has 0 radical (unpaired) electrons. The van der Waals surface area contributed by atoms with Crippen molar-refractivity contribution in [2.45, 2.75) is 19.6 Å². The van der Waals surface area contributed by atoms with Crippen LogP contribution in [0.15, 0.2) is 18.2 Å². The van der Waals surface area contributed by atoms with E-state index in [0.717, 1.165) is 17.7 Å². The van der Waals surface area contributed by atoms with Crippen molar-refractivity contribution in [1.82, 2.24) is 0 Å². The van der Waals surface area contributed by atoms with Crippen LogP contribution in [0.2, 0.25) is 0 Å². The van der Waals surface area contributed by atoms with Crippen LogP contribution in [0.25, 0.3) is 0 Å². The normalized spacial score (nSPS) is 10.7. The first-order valence-corrected chi connectivity index (χ1v) is 4.99. The van der Waals surface area contributed by atoms with E-state index in [4.69, 9.17) is 14.2 Å². The van der Waals surface area contributed by atoms with Crippen molar-refractivity contribution in [3.05, 3.63) is 29.3 Å². The van der Waals surface area contributed by atoms with E-state index in [-0.39, 0.29) is 6.29 Å². The first-order valence-electron chi connectivity index (χ1n) is 4.99. The third-order valence-electron chi connectivity index (χ3n) is 2.38. The molecule has 1 aromatic rings. The average molecular weight is 210 g/mol. The molecule has 0 spiro atoms. The lowest BCUT2D eigenvalue weighted by Crippen LogP contribution is -2.06. The molecule has 3 heteroatoms. The Labute approximate surface area is 91.0 Å². The third kappa shape index (κ3) is 2.70. The van der Waals surface area contributed by atoms with Crippen LogP contribution in [0.4, 0.5) is 0 Å². The highest BCUT2D eigenvalue weighted by Crippen LogP contribution is 2.28. The van der Waals surface area contributed by atoms with Gasteiger partial charge in [-0.3, -0.25) is 0 Å². The second-order valence-electron chi connectivity index (χ2n) is 3.23. The van der Waals surface area contributed by atoms with Crippen molar-refractivity contribution >= 4 is 0 Å². The van der Waals surface area contributed by atoms with Crippen molar-refractivity contribution in [2.75, 3.05) is 21.3 Å². The topological polar surface area (TPSA) is 27.7 Å². The summed E-state index contributed by atoms with van der Waals surface area (Å²) < 4.78 is 15.7. The van der Waals surface area contributed by atoms with Crippen molar-refractivity contribution in [2.24, 2.45) is 0 Å². The van der Waals surface area contributed by atoms with E-state index in [2.05, 4.69) is 13.0 Å². The zero-order valence-corrected chi connectivity index (χ0v) is 9.74. The van der Waals surface area contributed by atoms with Crippen molar-refractivity contribution < 1.29 is 14.2 Å². The fourth-order valence-electron chi connectivity index (χ4n) is 1.54. The fraction of sp³-hybridized carbons (Fsp3) is 0.500. The second kappa shape index (κ2) is 5.73. The van der Waals surface area contributed by atoms with E-state index in [0.29, 0.717) is 0 Å². The molecule has 0 N–H and O–H groups in total. The summed E-state index contributed by atoms with van der Waals surface area (Å²) in [6.45, 7) is 2.11. The Kier molecular flexibility index (Phi) is 4.59. The summed E-state index contributed by atoms with van der Waals surface area (Å²) in [6, 6.07) is 6.04. The predicted octanol–water partition coefficient (Wildman–Crippen LogP) is 2.55. The van der Waals surface area contributed by atoms with Crippen LogP contribution in [-0.4, -0.2) is 21.3 Å². The molecule has 0 aliphatic carbocycles. The van der Waals surface area contributed by atoms with Gasteiger partial charge in [0, 0.05) is 19.8 Å². The number of benzene rings is 1. The number of rotatable bonds is 5. The highest BCUT2D eigenvalue weighted by atomic mass is 16.7. The molecule has 0 atom stereocenters. The molecule has 0 aromatic heterocycles. The predicted molar refractivity (Wildman–Crippen MR) is 59.1 cm³/mol. The SMILES string of the molecule is CCc1ccc(OC)c(C(OC)OC)c1. The first-order chi connectivity index (χ1) is 7.26. The maximum absolute atomic E-state index is 5.27. The lowest BCUT2D eigenvalue weighted by Gasteiger charge is -2.17. The minimum Gasteiger partial charge on any atom is -0.496 e. The van der Waals surface area contributed by atoms with Gasteiger partial charge in [0.2, 0.25) is 0 Å². The Morgan fingerprint density at radius 2 is 1.80 bits per heavy atom. The van der Waals surface area contributed by atoms with Gasteiger partial charge in [-0.1, -0.05) is 13.0 Å². The van der Waals surface area contributed by atoms with Gasteiger partial charge >= 0.3 is 0 Å². The van der Waals surface area contributed by atoms with E-state index in [1.807, 2.05) is 12.1 Å². The summed E-state index contributed by atoms with van der Waals surface area (Å²) in [5, 5.41) is 0. The van der Waals surface area contributed by atoms with E-state index in [1.54, 1.807) is 21.3 Å². The summed E-state index contributed by atoms with van der Waals surface area (Å²) in [6.07, 6.45) is 0.614. The van der Waals surface area contributed by atoms with Crippen LogP contribution >= 0.6 is 0 Å². The molecule has 84 valence electrons. The van der Waals surface area contributed by atoms with Crippen molar-refractivity contribution in [3.63, 3.8) is 0 Å². The standard InChI is InChI=1S/C12H18O3/c1-5-9-6-7-11(13-2)10(8-9)12(14-3)15-4/h6-8,12H,5H2,1-4H3. The largest absolute Gasteiger partial charge is 0.496 e. The lowest BCUT2D eigenvalue weighted by atomic mass is 10.1. The fourth-order valence-corrected chi connectivity index (χ4v) is 1.54. The molecule has 15 heavy (non-hydrogen) atoms. The Morgan fingerprint density at radius 1 is 1.13 bits per heavy atom. The highest BCUT2D eigenvalue weighted by Gasteiger charge is 2.14. The molecule has 3 nitrogen and oxygen atoms in total. The van der Waals surface area contributed by atoms with Crippen LogP contribution in [0, 0.1) is 0 Å². The van der Waals surface area contributed by atoms with Gasteiger partial charge in [0.15, 0.2) is 6.29 Å². The van der Waals surface area contributed by atoms with Gasteiger partial charge in [-0.2, -0.15) is 0 Å². The molecule has 0 fully saturated rings. The first kappa shape index (κ1) is 12.0. The number of ether oxygens (including phenoxy) is 3. The van der Waals surface area contributed by atoms with Gasteiger partial charge in [0.1, 0.15) is 5.75 Å². The van der Waals surface area contributed by atoms with Crippen LogP contribution in [0.3, 0.4) is 0 Å². The Hall–Kier alpha value is -1.06. The van der Waals surface area contributed by atoms with Gasteiger partial charge in [-0.25, -0.2) is 0 Å². The maximum Gasteiger partial charge on any atom is 0.186 e. The third-order valence-corrected chi connectivity index (χ3v) is 2.38. The van der Waals surface area contributed by atoms with Crippen LogP contribution in [0.1, 0.15) is 24.3 Å². The molecule has 0 aliphatic heterocycles. The quantitative estimate of drug-likeness (QED) is 0.699. The van der Waals surface area contributed by atoms with E-state index >= 15 is 0 Å². The minimum atomic E-state index is -0.369. The Bertz CT molecular complexity index is 306. The zero-order chi connectivity index (χ0) is 11.3. The summed E-state index contributed by atoms with van der Waals surface area (Å²) in [4.78, 5) is 0. The summed E-state index contributed by atoms with van der Waals surface area (Å²) >= 11 is 0. The molecule has 0 aliphatic rings. The van der Waals surface area contributed by atoms with Gasteiger partial charge in [0.05, 0.1) is 7.11 Å². The van der Waals surface area contributed by atoms with Crippen molar-refractivity contribution in [3.8, 4) is 5.75 Å². The smallest absolute Gasteiger partial charge is 0.186 e. The van der Waals surface area contributed by atoms with Gasteiger partial charge in [-0.05, 0) is 24.1 Å².